The summed E-state index contributed by atoms with van der Waals surface area (Å²) in [5, 5.41) is 8.83. The Balaban J connectivity index is 1.31. The maximum absolute atomic E-state index is 13.2. The highest BCUT2D eigenvalue weighted by Crippen LogP contribution is 2.31. The minimum absolute atomic E-state index is 0.104. The maximum atomic E-state index is 13.2. The number of carbonyl (C=O) groups excluding carboxylic acids is 2. The monoisotopic (exact) mass is 499 g/mol. The van der Waals surface area contributed by atoms with Crippen LogP contribution in [-0.2, 0) is 0 Å². The van der Waals surface area contributed by atoms with Gasteiger partial charge in [-0.1, -0.05) is 24.3 Å². The van der Waals surface area contributed by atoms with Crippen molar-refractivity contribution in [2.75, 3.05) is 53.7 Å². The van der Waals surface area contributed by atoms with Gasteiger partial charge in [0.1, 0.15) is 5.75 Å². The lowest BCUT2D eigenvalue weighted by atomic mass is 10.1. The number of methoxy groups -OCH3 is 1. The molecule has 8 heteroatoms. The molecule has 37 heavy (non-hydrogen) atoms. The average Bonchev–Trinajstić information content (AvgIpc) is 3.73. The first-order valence-electron chi connectivity index (χ1n) is 12.7. The summed E-state index contributed by atoms with van der Waals surface area (Å²) in [7, 11) is 1.69. The van der Waals surface area contributed by atoms with Crippen LogP contribution in [-0.4, -0.2) is 51.3 Å². The van der Waals surface area contributed by atoms with E-state index in [-0.39, 0.29) is 18.0 Å². The number of carbonyl (C=O) groups is 2. The van der Waals surface area contributed by atoms with Gasteiger partial charge in [0.15, 0.2) is 0 Å². The number of para-hydroxylation sites is 2. The summed E-state index contributed by atoms with van der Waals surface area (Å²) < 4.78 is 5.54. The van der Waals surface area contributed by atoms with Gasteiger partial charge in [-0.3, -0.25) is 4.79 Å². The van der Waals surface area contributed by atoms with Crippen molar-refractivity contribution >= 4 is 34.7 Å². The van der Waals surface area contributed by atoms with Gasteiger partial charge in [-0.25, -0.2) is 4.79 Å². The zero-order valence-electron chi connectivity index (χ0n) is 21.3. The van der Waals surface area contributed by atoms with E-state index < -0.39 is 0 Å². The Bertz CT molecular complexity index is 1280. The highest BCUT2D eigenvalue weighted by molar-refractivity contribution is 6.04. The summed E-state index contributed by atoms with van der Waals surface area (Å²) in [6.45, 7) is 5.12. The molecule has 2 aliphatic rings. The van der Waals surface area contributed by atoms with Crippen molar-refractivity contribution in [3.63, 3.8) is 0 Å². The summed E-state index contributed by atoms with van der Waals surface area (Å²) in [5.41, 5.74) is 4.88. The number of ether oxygens (including phenoxy) is 1. The van der Waals surface area contributed by atoms with Crippen LogP contribution in [0.1, 0.15) is 28.8 Å². The lowest BCUT2D eigenvalue weighted by Gasteiger charge is -2.38. The Hall–Kier alpha value is -4.20. The minimum Gasteiger partial charge on any atom is -0.495 e. The van der Waals surface area contributed by atoms with Crippen LogP contribution in [0.15, 0.2) is 66.7 Å². The predicted molar refractivity (Wildman–Crippen MR) is 148 cm³/mol. The molecule has 3 amide bonds. The summed E-state index contributed by atoms with van der Waals surface area (Å²) in [6, 6.07) is 21.1. The van der Waals surface area contributed by atoms with Crippen LogP contribution in [0.3, 0.4) is 0 Å². The highest BCUT2D eigenvalue weighted by Gasteiger charge is 2.28. The summed E-state index contributed by atoms with van der Waals surface area (Å²) in [6.07, 6.45) is 2.02. The molecule has 0 spiro atoms. The Morgan fingerprint density at radius 1 is 0.811 bits per heavy atom. The van der Waals surface area contributed by atoms with Gasteiger partial charge in [-0.15, -0.1) is 0 Å². The third-order valence-corrected chi connectivity index (χ3v) is 6.73. The van der Waals surface area contributed by atoms with Crippen LogP contribution in [0.5, 0.6) is 5.75 Å². The molecule has 0 unspecified atom stereocenters. The Morgan fingerprint density at radius 3 is 2.16 bits per heavy atom. The number of amides is 3. The number of hydrogen-bond donors (Lipinski definition) is 3. The second-order valence-corrected chi connectivity index (χ2v) is 9.57. The van der Waals surface area contributed by atoms with E-state index in [1.54, 1.807) is 13.2 Å². The van der Waals surface area contributed by atoms with Crippen LogP contribution in [0.4, 0.5) is 27.5 Å². The number of rotatable bonds is 7. The molecule has 5 rings (SSSR count). The van der Waals surface area contributed by atoms with Gasteiger partial charge >= 0.3 is 6.03 Å². The van der Waals surface area contributed by atoms with Crippen LogP contribution < -0.4 is 30.5 Å². The third-order valence-electron chi connectivity index (χ3n) is 6.73. The van der Waals surface area contributed by atoms with E-state index in [0.29, 0.717) is 16.9 Å². The molecule has 0 atom stereocenters. The van der Waals surface area contributed by atoms with Crippen LogP contribution in [0.2, 0.25) is 0 Å². The molecule has 8 nitrogen and oxygen atoms in total. The fourth-order valence-corrected chi connectivity index (χ4v) is 4.66. The number of nitrogens with zero attached hydrogens (tertiary/aromatic N) is 2. The first-order valence-corrected chi connectivity index (χ1v) is 12.7. The number of aryl methyl sites for hydroxylation is 1. The van der Waals surface area contributed by atoms with Crippen LogP contribution in [0, 0.1) is 6.92 Å². The number of benzene rings is 3. The average molecular weight is 500 g/mol. The van der Waals surface area contributed by atoms with Crippen molar-refractivity contribution in [3.05, 3.63) is 77.9 Å². The molecule has 1 saturated heterocycles. The van der Waals surface area contributed by atoms with E-state index in [1.165, 1.54) is 0 Å². The summed E-state index contributed by atoms with van der Waals surface area (Å²) in [5.74, 6) is 0.757. The molecule has 1 aliphatic heterocycles. The Labute approximate surface area is 217 Å². The highest BCUT2D eigenvalue weighted by atomic mass is 16.5. The lowest BCUT2D eigenvalue weighted by Crippen LogP contribution is -2.47. The Morgan fingerprint density at radius 2 is 1.49 bits per heavy atom. The molecule has 2 fully saturated rings. The van der Waals surface area contributed by atoms with Crippen molar-refractivity contribution in [1.82, 2.24) is 5.32 Å². The van der Waals surface area contributed by atoms with Crippen LogP contribution >= 0.6 is 0 Å². The van der Waals surface area contributed by atoms with E-state index in [9.17, 15) is 9.59 Å². The molecule has 1 heterocycles. The molecule has 3 aromatic carbocycles. The molecule has 0 aromatic heterocycles. The fourth-order valence-electron chi connectivity index (χ4n) is 4.66. The van der Waals surface area contributed by atoms with Gasteiger partial charge in [0.05, 0.1) is 18.4 Å². The topological polar surface area (TPSA) is 85.9 Å². The van der Waals surface area contributed by atoms with Gasteiger partial charge < -0.3 is 30.5 Å². The number of piperazine rings is 1. The van der Waals surface area contributed by atoms with Crippen molar-refractivity contribution in [3.8, 4) is 5.75 Å². The summed E-state index contributed by atoms with van der Waals surface area (Å²) in [4.78, 5) is 30.4. The number of hydrogen-bond acceptors (Lipinski definition) is 5. The quantitative estimate of drug-likeness (QED) is 0.432. The van der Waals surface area contributed by atoms with Gasteiger partial charge in [0.25, 0.3) is 5.91 Å². The summed E-state index contributed by atoms with van der Waals surface area (Å²) >= 11 is 0. The van der Waals surface area contributed by atoms with E-state index >= 15 is 0 Å². The van der Waals surface area contributed by atoms with Crippen molar-refractivity contribution in [2.24, 2.45) is 0 Å². The first-order chi connectivity index (χ1) is 18.0. The predicted octanol–water partition coefficient (Wildman–Crippen LogP) is 4.87. The van der Waals surface area contributed by atoms with Crippen LogP contribution in [0.25, 0.3) is 0 Å². The zero-order chi connectivity index (χ0) is 25.8. The molecule has 1 aliphatic carbocycles. The molecule has 3 N–H and O–H groups in total. The van der Waals surface area contributed by atoms with E-state index in [0.717, 1.165) is 61.7 Å². The van der Waals surface area contributed by atoms with Gasteiger partial charge in [-0.05, 0) is 67.8 Å². The fraction of sp³-hybridized carbons (Fsp3) is 0.310. The molecule has 192 valence electrons. The van der Waals surface area contributed by atoms with Gasteiger partial charge in [0, 0.05) is 49.3 Å². The largest absolute Gasteiger partial charge is 0.495 e. The standard InChI is InChI=1S/C29H33N5O3/c1-20-6-5-7-22(18-20)31-29(36)32-23-12-13-25(24(19-23)28(35)30-21-10-11-21)33-14-16-34(17-15-33)26-8-3-4-9-27(26)37-2/h3-9,12-13,18-19,21H,10-11,14-17H2,1-2H3,(H,30,35)(H2,31,32,36). The second-order valence-electron chi connectivity index (χ2n) is 9.57. The van der Waals surface area contributed by atoms with Crippen molar-refractivity contribution in [2.45, 2.75) is 25.8 Å². The molecule has 0 radical (unpaired) electrons. The normalized spacial score (nSPS) is 15.2. The number of urea groups is 1. The zero-order valence-corrected chi connectivity index (χ0v) is 21.3. The molecule has 3 aromatic rings. The number of nitrogens with one attached hydrogen (secondary N) is 3. The van der Waals surface area contributed by atoms with E-state index in [1.807, 2.05) is 61.5 Å². The lowest BCUT2D eigenvalue weighted by molar-refractivity contribution is 0.0951. The molecule has 1 saturated carbocycles. The van der Waals surface area contributed by atoms with Crippen molar-refractivity contribution in [1.29, 1.82) is 0 Å². The van der Waals surface area contributed by atoms with Gasteiger partial charge in [0.2, 0.25) is 0 Å². The SMILES string of the molecule is COc1ccccc1N1CCN(c2ccc(NC(=O)Nc3cccc(C)c3)cc2C(=O)NC2CC2)CC1. The van der Waals surface area contributed by atoms with Gasteiger partial charge in [-0.2, -0.15) is 0 Å². The Kier molecular flexibility index (Phi) is 7.16. The van der Waals surface area contributed by atoms with E-state index in [2.05, 4.69) is 31.8 Å². The smallest absolute Gasteiger partial charge is 0.323 e. The maximum Gasteiger partial charge on any atom is 0.323 e. The van der Waals surface area contributed by atoms with E-state index in [4.69, 9.17) is 4.74 Å². The molecular formula is C29H33N5O3. The molecular weight excluding hydrogens is 466 g/mol. The molecule has 0 bridgehead atoms. The second kappa shape index (κ2) is 10.8. The number of anilines is 4. The minimum atomic E-state index is -0.350. The third kappa shape index (κ3) is 5.97. The first kappa shape index (κ1) is 24.5. The van der Waals surface area contributed by atoms with Crippen molar-refractivity contribution < 1.29 is 14.3 Å².